The molecule has 3 fully saturated rings. The van der Waals surface area contributed by atoms with E-state index in [1.807, 2.05) is 6.08 Å². The summed E-state index contributed by atoms with van der Waals surface area (Å²) in [6.45, 7) is 7.02. The molecular weight excluding hydrogens is 481 g/mol. The maximum atomic E-state index is 13.9. The Morgan fingerprint density at radius 2 is 1.89 bits per heavy atom. The van der Waals surface area contributed by atoms with Gasteiger partial charge in [0.25, 0.3) is 0 Å². The van der Waals surface area contributed by atoms with Crippen molar-refractivity contribution in [3.8, 4) is 5.75 Å². The van der Waals surface area contributed by atoms with E-state index in [2.05, 4.69) is 20.8 Å². The van der Waals surface area contributed by atoms with Gasteiger partial charge in [-0.15, -0.1) is 0 Å². The summed E-state index contributed by atoms with van der Waals surface area (Å²) >= 11 is 0. The van der Waals surface area contributed by atoms with Gasteiger partial charge >= 0.3 is 0 Å². The molecule has 5 nitrogen and oxygen atoms in total. The van der Waals surface area contributed by atoms with E-state index in [0.717, 1.165) is 56.9 Å². The quantitative estimate of drug-likeness (QED) is 0.301. The highest BCUT2D eigenvalue weighted by Gasteiger charge is 2.58. The molecule has 2 aliphatic heterocycles. The number of phenols is 1. The van der Waals surface area contributed by atoms with Crippen molar-refractivity contribution >= 4 is 17.9 Å². The number of aromatic hydroxyl groups is 1. The highest BCUT2D eigenvalue weighted by molar-refractivity contribution is 6.06. The Balaban J connectivity index is 1.36. The molecule has 0 spiro atoms. The number of allylic oxidation sites excluding steroid dienone is 2. The Labute approximate surface area is 226 Å². The third-order valence-electron chi connectivity index (χ3n) is 9.26. The number of hydrogen-bond donors (Lipinski definition) is 1. The highest BCUT2D eigenvalue weighted by Crippen LogP contribution is 2.52. The number of carbonyl (C=O) groups excluding carboxylic acids is 2. The van der Waals surface area contributed by atoms with E-state index < -0.39 is 5.82 Å². The Hall–Kier alpha value is -2.47. The first-order chi connectivity index (χ1) is 18.3. The predicted octanol–water partition coefficient (Wildman–Crippen LogP) is 6.80. The van der Waals surface area contributed by atoms with E-state index in [4.69, 9.17) is 4.74 Å². The van der Waals surface area contributed by atoms with Gasteiger partial charge in [0.1, 0.15) is 0 Å². The van der Waals surface area contributed by atoms with Crippen LogP contribution in [0.25, 0.3) is 6.08 Å². The Morgan fingerprint density at radius 3 is 2.58 bits per heavy atom. The van der Waals surface area contributed by atoms with Crippen LogP contribution >= 0.6 is 0 Å². The van der Waals surface area contributed by atoms with Crippen LogP contribution in [-0.4, -0.2) is 40.6 Å². The fourth-order valence-electron chi connectivity index (χ4n) is 7.44. The predicted molar refractivity (Wildman–Crippen MR) is 146 cm³/mol. The third-order valence-corrected chi connectivity index (χ3v) is 9.26. The molecule has 206 valence electrons. The van der Waals surface area contributed by atoms with Gasteiger partial charge in [0, 0.05) is 12.0 Å². The normalized spacial score (nSPS) is 28.4. The number of rotatable bonds is 8. The van der Waals surface area contributed by atoms with E-state index in [0.29, 0.717) is 18.9 Å². The number of likely N-dealkylation sites (tertiary alicyclic amines) is 1. The molecule has 0 radical (unpaired) electrons. The maximum absolute atomic E-state index is 13.9. The van der Waals surface area contributed by atoms with Crippen LogP contribution in [0, 0.1) is 29.5 Å². The number of phenolic OH excluding ortho intramolecular Hbond substituents is 1. The van der Waals surface area contributed by atoms with Crippen LogP contribution in [0.4, 0.5) is 4.39 Å². The maximum Gasteiger partial charge on any atom is 0.234 e. The summed E-state index contributed by atoms with van der Waals surface area (Å²) in [6.07, 6.45) is 11.4. The van der Waals surface area contributed by atoms with E-state index >= 15 is 0 Å². The van der Waals surface area contributed by atoms with Gasteiger partial charge in [-0.1, -0.05) is 69.7 Å². The lowest BCUT2D eigenvalue weighted by atomic mass is 9.67. The van der Waals surface area contributed by atoms with Gasteiger partial charge in [-0.3, -0.25) is 14.5 Å². The average molecular weight is 524 g/mol. The summed E-state index contributed by atoms with van der Waals surface area (Å²) in [6, 6.07) is 4.57. The zero-order valence-corrected chi connectivity index (χ0v) is 23.0. The number of imide groups is 1. The molecule has 4 aliphatic rings. The van der Waals surface area contributed by atoms with Gasteiger partial charge in [0.15, 0.2) is 11.6 Å². The van der Waals surface area contributed by atoms with E-state index in [1.165, 1.54) is 35.3 Å². The van der Waals surface area contributed by atoms with Crippen LogP contribution in [0.2, 0.25) is 0 Å². The lowest BCUT2D eigenvalue weighted by molar-refractivity contribution is -0.143. The smallest absolute Gasteiger partial charge is 0.234 e. The van der Waals surface area contributed by atoms with Crippen molar-refractivity contribution in [3.05, 3.63) is 46.3 Å². The van der Waals surface area contributed by atoms with Gasteiger partial charge in [-0.05, 0) is 67.7 Å². The molecule has 0 bridgehead atoms. The molecule has 4 atom stereocenters. The summed E-state index contributed by atoms with van der Waals surface area (Å²) in [5, 5.41) is 9.53. The fraction of sp³-hybridized carbons (Fsp3) is 0.625. The van der Waals surface area contributed by atoms with Crippen molar-refractivity contribution in [1.29, 1.82) is 0 Å². The van der Waals surface area contributed by atoms with Crippen LogP contribution in [0.5, 0.6) is 5.75 Å². The molecule has 5 rings (SSSR count). The number of nitrogens with zero attached hydrogens (tertiary/aromatic N) is 1. The second kappa shape index (κ2) is 11.3. The van der Waals surface area contributed by atoms with Gasteiger partial charge in [0.05, 0.1) is 24.5 Å². The first kappa shape index (κ1) is 27.1. The summed E-state index contributed by atoms with van der Waals surface area (Å²) in [4.78, 5) is 29.0. The number of benzene rings is 1. The molecule has 1 aromatic rings. The second-order valence-electron chi connectivity index (χ2n) is 12.0. The van der Waals surface area contributed by atoms with E-state index in [-0.39, 0.29) is 47.5 Å². The summed E-state index contributed by atoms with van der Waals surface area (Å²) < 4.78 is 20.3. The number of carbonyl (C=O) groups is 2. The largest absolute Gasteiger partial charge is 0.505 e. The number of fused-ring (bicyclic) bond motifs is 3. The number of ether oxygens (including phenoxy) is 1. The molecule has 2 amide bonds. The van der Waals surface area contributed by atoms with Crippen LogP contribution in [-0.2, 0) is 14.3 Å². The summed E-state index contributed by atoms with van der Waals surface area (Å²) in [5.41, 5.74) is 4.56. The number of halogens is 1. The first-order valence-corrected chi connectivity index (χ1v) is 14.7. The van der Waals surface area contributed by atoms with Gasteiger partial charge < -0.3 is 9.84 Å². The SMILES string of the molecule is CCC/C(=C\c1ccc(O)c(F)c1)CC[C@H]1OC[C@H]2C1=C(C(C)C)C[C@H]1C(=O)N(C3CCCCC3)C(=O)[C@H]12. The van der Waals surface area contributed by atoms with Crippen molar-refractivity contribution < 1.29 is 23.8 Å². The molecule has 2 saturated heterocycles. The first-order valence-electron chi connectivity index (χ1n) is 14.7. The minimum atomic E-state index is -0.613. The summed E-state index contributed by atoms with van der Waals surface area (Å²) in [7, 11) is 0. The molecule has 1 saturated carbocycles. The Bertz CT molecular complexity index is 1130. The molecule has 2 heterocycles. The van der Waals surface area contributed by atoms with Crippen LogP contribution in [0.1, 0.15) is 90.5 Å². The van der Waals surface area contributed by atoms with Crippen molar-refractivity contribution in [2.24, 2.45) is 23.7 Å². The van der Waals surface area contributed by atoms with Gasteiger partial charge in [-0.25, -0.2) is 4.39 Å². The van der Waals surface area contributed by atoms with Crippen molar-refractivity contribution in [3.63, 3.8) is 0 Å². The van der Waals surface area contributed by atoms with E-state index in [1.54, 1.807) is 11.0 Å². The van der Waals surface area contributed by atoms with Gasteiger partial charge in [-0.2, -0.15) is 0 Å². The second-order valence-corrected chi connectivity index (χ2v) is 12.0. The molecule has 6 heteroatoms. The zero-order chi connectivity index (χ0) is 27.0. The van der Waals surface area contributed by atoms with Crippen LogP contribution in [0.3, 0.4) is 0 Å². The molecular formula is C32H42FNO4. The number of amides is 2. The number of hydrogen-bond acceptors (Lipinski definition) is 4. The molecule has 1 N–H and O–H groups in total. The topological polar surface area (TPSA) is 66.8 Å². The third kappa shape index (κ3) is 5.09. The molecule has 0 aromatic heterocycles. The zero-order valence-electron chi connectivity index (χ0n) is 23.0. The lowest BCUT2D eigenvalue weighted by Crippen LogP contribution is -2.42. The molecule has 1 aromatic carbocycles. The minimum absolute atomic E-state index is 0.00834. The van der Waals surface area contributed by atoms with Gasteiger partial charge in [0.2, 0.25) is 11.8 Å². The molecule has 2 aliphatic carbocycles. The van der Waals surface area contributed by atoms with E-state index in [9.17, 15) is 19.1 Å². The average Bonchev–Trinajstić information content (AvgIpc) is 3.43. The minimum Gasteiger partial charge on any atom is -0.505 e. The highest BCUT2D eigenvalue weighted by atomic mass is 19.1. The van der Waals surface area contributed by atoms with Crippen molar-refractivity contribution in [2.45, 2.75) is 97.1 Å². The van der Waals surface area contributed by atoms with Crippen LogP contribution in [0.15, 0.2) is 34.9 Å². The monoisotopic (exact) mass is 523 g/mol. The standard InChI is InChI=1S/C32H42FNO4/c1-4-8-20(15-21-11-13-27(35)26(33)16-21)12-14-28-29-23(19(2)3)17-24-30(25(29)18-38-28)32(37)34(31(24)36)22-9-6-5-7-10-22/h11,13,15-16,19,22,24-25,28,30,35H,4-10,12,14,17-18H2,1-3H3/b20-15+/t24-,25+,28-,30-/m1/s1. The van der Waals surface area contributed by atoms with Crippen molar-refractivity contribution in [2.75, 3.05) is 6.61 Å². The lowest BCUT2D eigenvalue weighted by Gasteiger charge is -2.33. The summed E-state index contributed by atoms with van der Waals surface area (Å²) in [5.74, 6) is -1.08. The Morgan fingerprint density at radius 1 is 1.13 bits per heavy atom. The fourth-order valence-corrected chi connectivity index (χ4v) is 7.44. The Kier molecular flexibility index (Phi) is 8.08. The van der Waals surface area contributed by atoms with Crippen LogP contribution < -0.4 is 0 Å². The van der Waals surface area contributed by atoms with Crippen molar-refractivity contribution in [1.82, 2.24) is 4.90 Å². The molecule has 0 unspecified atom stereocenters. The molecule has 38 heavy (non-hydrogen) atoms.